The fourth-order valence-electron chi connectivity index (χ4n) is 1.13. The first-order chi connectivity index (χ1) is 7.65. The number of rotatable bonds is 6. The minimum Gasteiger partial charge on any atom is -0.396 e. The second-order valence-electron chi connectivity index (χ2n) is 3.16. The molecule has 1 aromatic rings. The standard InChI is InChI=1S/C10H12ClNO3S/c11-10-3-2-9(12(14)15)6-8(10)7-16-5-1-4-13/h2-3,6,13H,1,4-5,7H2. The van der Waals surface area contributed by atoms with Crippen LogP contribution in [0.3, 0.4) is 0 Å². The number of hydrogen-bond donors (Lipinski definition) is 1. The summed E-state index contributed by atoms with van der Waals surface area (Å²) in [4.78, 5) is 10.1. The smallest absolute Gasteiger partial charge is 0.269 e. The molecule has 1 rings (SSSR count). The summed E-state index contributed by atoms with van der Waals surface area (Å²) in [5.74, 6) is 1.44. The fourth-order valence-corrected chi connectivity index (χ4v) is 2.33. The predicted octanol–water partition coefficient (Wildman–Crippen LogP) is 2.86. The van der Waals surface area contributed by atoms with Crippen LogP contribution < -0.4 is 0 Å². The SMILES string of the molecule is O=[N+]([O-])c1ccc(Cl)c(CSCCCO)c1. The maximum atomic E-state index is 10.6. The van der Waals surface area contributed by atoms with E-state index >= 15 is 0 Å². The van der Waals surface area contributed by atoms with E-state index in [1.165, 1.54) is 12.1 Å². The van der Waals surface area contributed by atoms with Crippen molar-refractivity contribution in [2.75, 3.05) is 12.4 Å². The van der Waals surface area contributed by atoms with Crippen LogP contribution in [-0.4, -0.2) is 22.4 Å². The molecule has 0 spiro atoms. The van der Waals surface area contributed by atoms with Gasteiger partial charge < -0.3 is 5.11 Å². The van der Waals surface area contributed by atoms with Crippen molar-refractivity contribution in [3.63, 3.8) is 0 Å². The van der Waals surface area contributed by atoms with Crippen LogP contribution in [0, 0.1) is 10.1 Å². The summed E-state index contributed by atoms with van der Waals surface area (Å²) in [5, 5.41) is 19.7. The first-order valence-corrected chi connectivity index (χ1v) is 6.30. The lowest BCUT2D eigenvalue weighted by Crippen LogP contribution is -1.92. The molecular weight excluding hydrogens is 250 g/mol. The molecule has 0 amide bonds. The molecule has 0 aromatic heterocycles. The van der Waals surface area contributed by atoms with Crippen LogP contribution in [0.1, 0.15) is 12.0 Å². The van der Waals surface area contributed by atoms with Crippen molar-refractivity contribution in [3.05, 3.63) is 38.9 Å². The number of hydrogen-bond acceptors (Lipinski definition) is 4. The monoisotopic (exact) mass is 261 g/mol. The van der Waals surface area contributed by atoms with E-state index in [9.17, 15) is 10.1 Å². The highest BCUT2D eigenvalue weighted by Crippen LogP contribution is 2.25. The third kappa shape index (κ3) is 4.00. The molecule has 88 valence electrons. The summed E-state index contributed by atoms with van der Waals surface area (Å²) in [6, 6.07) is 4.43. The van der Waals surface area contributed by atoms with Crippen molar-refractivity contribution < 1.29 is 10.0 Å². The molecule has 0 unspecified atom stereocenters. The molecule has 0 aliphatic rings. The Morgan fingerprint density at radius 3 is 2.88 bits per heavy atom. The van der Waals surface area contributed by atoms with Crippen molar-refractivity contribution in [2.45, 2.75) is 12.2 Å². The number of thioether (sulfide) groups is 1. The number of nitrogens with zero attached hydrogens (tertiary/aromatic N) is 1. The van der Waals surface area contributed by atoms with Crippen LogP contribution in [0.4, 0.5) is 5.69 Å². The number of aliphatic hydroxyl groups is 1. The van der Waals surface area contributed by atoms with Gasteiger partial charge in [0.1, 0.15) is 0 Å². The van der Waals surface area contributed by atoms with E-state index in [1.807, 2.05) is 0 Å². The number of nitro groups is 1. The van der Waals surface area contributed by atoms with Crippen LogP contribution in [0.15, 0.2) is 18.2 Å². The summed E-state index contributed by atoms with van der Waals surface area (Å²) < 4.78 is 0. The Labute approximate surface area is 103 Å². The van der Waals surface area contributed by atoms with E-state index in [0.29, 0.717) is 10.8 Å². The van der Waals surface area contributed by atoms with E-state index in [1.54, 1.807) is 17.8 Å². The van der Waals surface area contributed by atoms with Gasteiger partial charge in [0.25, 0.3) is 5.69 Å². The quantitative estimate of drug-likeness (QED) is 0.486. The van der Waals surface area contributed by atoms with E-state index in [-0.39, 0.29) is 12.3 Å². The number of benzene rings is 1. The lowest BCUT2D eigenvalue weighted by molar-refractivity contribution is -0.384. The summed E-state index contributed by atoms with van der Waals surface area (Å²) in [5.41, 5.74) is 0.820. The maximum absolute atomic E-state index is 10.6. The molecule has 0 saturated carbocycles. The Hall–Kier alpha value is -0.780. The zero-order valence-electron chi connectivity index (χ0n) is 8.56. The van der Waals surface area contributed by atoms with Gasteiger partial charge in [-0.15, -0.1) is 0 Å². The lowest BCUT2D eigenvalue weighted by Gasteiger charge is -2.03. The fraction of sp³-hybridized carbons (Fsp3) is 0.400. The van der Waals surface area contributed by atoms with Gasteiger partial charge in [0.2, 0.25) is 0 Å². The topological polar surface area (TPSA) is 63.4 Å². The molecule has 0 bridgehead atoms. The summed E-state index contributed by atoms with van der Waals surface area (Å²) >= 11 is 7.53. The molecular formula is C10H12ClNO3S. The highest BCUT2D eigenvalue weighted by Gasteiger charge is 2.09. The molecule has 0 aliphatic heterocycles. The van der Waals surface area contributed by atoms with Crippen molar-refractivity contribution >= 4 is 29.1 Å². The van der Waals surface area contributed by atoms with Gasteiger partial charge >= 0.3 is 0 Å². The van der Waals surface area contributed by atoms with Crippen molar-refractivity contribution in [3.8, 4) is 0 Å². The first kappa shape index (κ1) is 13.3. The van der Waals surface area contributed by atoms with Crippen LogP contribution in [0.5, 0.6) is 0 Å². The molecule has 0 saturated heterocycles. The number of nitro benzene ring substituents is 1. The second kappa shape index (κ2) is 6.73. The molecule has 16 heavy (non-hydrogen) atoms. The average Bonchev–Trinajstić information content (AvgIpc) is 2.26. The van der Waals surface area contributed by atoms with E-state index in [0.717, 1.165) is 17.7 Å². The number of non-ortho nitro benzene ring substituents is 1. The third-order valence-electron chi connectivity index (χ3n) is 1.94. The normalized spacial score (nSPS) is 10.4. The van der Waals surface area contributed by atoms with E-state index < -0.39 is 4.92 Å². The molecule has 0 fully saturated rings. The molecule has 0 radical (unpaired) electrons. The summed E-state index contributed by atoms with van der Waals surface area (Å²) in [6.45, 7) is 0.162. The molecule has 0 atom stereocenters. The summed E-state index contributed by atoms with van der Waals surface area (Å²) in [6.07, 6.45) is 0.719. The highest BCUT2D eigenvalue weighted by molar-refractivity contribution is 7.98. The number of aliphatic hydroxyl groups excluding tert-OH is 1. The summed E-state index contributed by atoms with van der Waals surface area (Å²) in [7, 11) is 0. The van der Waals surface area contributed by atoms with Crippen LogP contribution in [0.2, 0.25) is 5.02 Å². The highest BCUT2D eigenvalue weighted by atomic mass is 35.5. The Balaban J connectivity index is 2.63. The van der Waals surface area contributed by atoms with Crippen molar-refractivity contribution in [1.82, 2.24) is 0 Å². The minimum absolute atomic E-state index is 0.0576. The zero-order valence-corrected chi connectivity index (χ0v) is 10.1. The van der Waals surface area contributed by atoms with Gasteiger partial charge in [0.15, 0.2) is 0 Å². The number of halogens is 1. The van der Waals surface area contributed by atoms with Gasteiger partial charge in [-0.1, -0.05) is 11.6 Å². The van der Waals surface area contributed by atoms with Crippen LogP contribution in [0.25, 0.3) is 0 Å². The Bertz CT molecular complexity index is 373. The average molecular weight is 262 g/mol. The van der Waals surface area contributed by atoms with Crippen LogP contribution >= 0.6 is 23.4 Å². The Morgan fingerprint density at radius 1 is 1.50 bits per heavy atom. The molecule has 0 heterocycles. The molecule has 6 heteroatoms. The Kier molecular flexibility index (Phi) is 5.59. The lowest BCUT2D eigenvalue weighted by atomic mass is 10.2. The van der Waals surface area contributed by atoms with Gasteiger partial charge in [0.05, 0.1) is 4.92 Å². The van der Waals surface area contributed by atoms with Gasteiger partial charge in [-0.2, -0.15) is 11.8 Å². The van der Waals surface area contributed by atoms with Crippen molar-refractivity contribution in [2.24, 2.45) is 0 Å². The molecule has 1 N–H and O–H groups in total. The minimum atomic E-state index is -0.432. The van der Waals surface area contributed by atoms with Gasteiger partial charge in [-0.3, -0.25) is 10.1 Å². The molecule has 1 aromatic carbocycles. The third-order valence-corrected chi connectivity index (χ3v) is 3.41. The Morgan fingerprint density at radius 2 is 2.25 bits per heavy atom. The maximum Gasteiger partial charge on any atom is 0.269 e. The second-order valence-corrected chi connectivity index (χ2v) is 4.67. The van der Waals surface area contributed by atoms with Crippen LogP contribution in [-0.2, 0) is 5.75 Å². The predicted molar refractivity (Wildman–Crippen MR) is 66.0 cm³/mol. The largest absolute Gasteiger partial charge is 0.396 e. The zero-order chi connectivity index (χ0) is 12.0. The van der Waals surface area contributed by atoms with Gasteiger partial charge in [0, 0.05) is 29.5 Å². The van der Waals surface area contributed by atoms with Gasteiger partial charge in [-0.25, -0.2) is 0 Å². The van der Waals surface area contributed by atoms with E-state index in [2.05, 4.69) is 0 Å². The van der Waals surface area contributed by atoms with E-state index in [4.69, 9.17) is 16.7 Å². The molecule has 4 nitrogen and oxygen atoms in total. The van der Waals surface area contributed by atoms with Crippen molar-refractivity contribution in [1.29, 1.82) is 0 Å². The molecule has 0 aliphatic carbocycles. The first-order valence-electron chi connectivity index (χ1n) is 4.76. The van der Waals surface area contributed by atoms with Gasteiger partial charge in [-0.05, 0) is 23.8 Å².